The molecule has 32 heavy (non-hydrogen) atoms. The zero-order chi connectivity index (χ0) is 23.6. The number of carbonyl (C=O) groups excluding carboxylic acids is 1. The molecule has 0 aliphatic rings. The number of sulfonamides is 1. The lowest BCUT2D eigenvalue weighted by molar-refractivity contribution is -0.121. The zero-order valence-electron chi connectivity index (χ0n) is 19.0. The predicted molar refractivity (Wildman–Crippen MR) is 124 cm³/mol. The maximum absolute atomic E-state index is 12.7. The van der Waals surface area contributed by atoms with Gasteiger partial charge < -0.3 is 14.6 Å². The molecular weight excluding hydrogens is 430 g/mol. The number of rotatable bonds is 13. The molecule has 0 spiro atoms. The smallest absolute Gasteiger partial charge is 0.251 e. The highest BCUT2D eigenvalue weighted by Crippen LogP contribution is 2.14. The van der Waals surface area contributed by atoms with Gasteiger partial charge in [-0.3, -0.25) is 9.59 Å². The lowest BCUT2D eigenvalue weighted by atomic mass is 10.1. The molecule has 2 rings (SSSR count). The van der Waals surface area contributed by atoms with E-state index in [1.165, 1.54) is 22.6 Å². The van der Waals surface area contributed by atoms with Crippen LogP contribution in [-0.4, -0.2) is 49.4 Å². The van der Waals surface area contributed by atoms with E-state index in [1.54, 1.807) is 13.8 Å². The van der Waals surface area contributed by atoms with Crippen LogP contribution in [-0.2, 0) is 27.8 Å². The van der Waals surface area contributed by atoms with E-state index in [4.69, 9.17) is 4.74 Å². The quantitative estimate of drug-likeness (QED) is 0.460. The van der Waals surface area contributed by atoms with E-state index in [1.807, 2.05) is 24.3 Å². The van der Waals surface area contributed by atoms with E-state index in [9.17, 15) is 18.0 Å². The number of benzene rings is 1. The molecule has 0 bridgehead atoms. The van der Waals surface area contributed by atoms with Crippen molar-refractivity contribution < 1.29 is 17.9 Å². The Morgan fingerprint density at radius 1 is 1.06 bits per heavy atom. The van der Waals surface area contributed by atoms with Crippen molar-refractivity contribution in [1.82, 2.24) is 14.2 Å². The molecule has 0 saturated carbocycles. The van der Waals surface area contributed by atoms with E-state index < -0.39 is 15.6 Å². The molecule has 0 atom stereocenters. The van der Waals surface area contributed by atoms with Crippen molar-refractivity contribution in [1.29, 1.82) is 0 Å². The van der Waals surface area contributed by atoms with Gasteiger partial charge in [-0.2, -0.15) is 4.31 Å². The number of hydrogen-bond acceptors (Lipinski definition) is 5. The Labute approximate surface area is 190 Å². The third-order valence-electron chi connectivity index (χ3n) is 5.04. The summed E-state index contributed by atoms with van der Waals surface area (Å²) in [5.74, 6) is 0.467. The Morgan fingerprint density at radius 3 is 2.38 bits per heavy atom. The minimum Gasteiger partial charge on any atom is -0.494 e. The highest BCUT2D eigenvalue weighted by Gasteiger charge is 2.22. The number of nitrogens with zero attached hydrogens (tertiary/aromatic N) is 2. The average Bonchev–Trinajstić information content (AvgIpc) is 2.77. The third-order valence-corrected chi connectivity index (χ3v) is 7.07. The van der Waals surface area contributed by atoms with Crippen LogP contribution >= 0.6 is 0 Å². The first-order chi connectivity index (χ1) is 15.3. The van der Waals surface area contributed by atoms with Gasteiger partial charge in [0.2, 0.25) is 15.9 Å². The second-order valence-electron chi connectivity index (χ2n) is 7.37. The summed E-state index contributed by atoms with van der Waals surface area (Å²) in [5, 5.41) is 2.78. The van der Waals surface area contributed by atoms with Crippen molar-refractivity contribution in [2.24, 2.45) is 0 Å². The number of aromatic nitrogens is 1. The van der Waals surface area contributed by atoms with Crippen LogP contribution in [0.4, 0.5) is 0 Å². The minimum absolute atomic E-state index is 0.00477. The van der Waals surface area contributed by atoms with Crippen LogP contribution in [0.3, 0.4) is 0 Å². The number of carbonyl (C=O) groups is 1. The van der Waals surface area contributed by atoms with E-state index in [-0.39, 0.29) is 17.3 Å². The molecule has 0 unspecified atom stereocenters. The van der Waals surface area contributed by atoms with E-state index in [2.05, 4.69) is 12.2 Å². The SMILES string of the molecule is CCCCOc1ccc(CCNC(=O)Cn2cc(S(=O)(=O)N(CC)CC)ccc2=O)cc1. The van der Waals surface area contributed by atoms with Crippen LogP contribution in [0.1, 0.15) is 39.2 Å². The highest BCUT2D eigenvalue weighted by atomic mass is 32.2. The molecule has 1 amide bonds. The first kappa shape index (κ1) is 25.6. The van der Waals surface area contributed by atoms with Gasteiger partial charge in [-0.25, -0.2) is 8.42 Å². The molecule has 1 heterocycles. The number of unbranched alkanes of at least 4 members (excludes halogenated alkanes) is 1. The van der Waals surface area contributed by atoms with Crippen LogP contribution in [0.25, 0.3) is 0 Å². The Balaban J connectivity index is 1.92. The molecule has 0 saturated heterocycles. The molecule has 176 valence electrons. The Bertz CT molecular complexity index is 1030. The van der Waals surface area contributed by atoms with Crippen LogP contribution in [0.2, 0.25) is 0 Å². The van der Waals surface area contributed by atoms with Crippen LogP contribution in [0.15, 0.2) is 52.3 Å². The topological polar surface area (TPSA) is 97.7 Å². The number of pyridine rings is 1. The summed E-state index contributed by atoms with van der Waals surface area (Å²) in [7, 11) is -3.71. The first-order valence-corrected chi connectivity index (χ1v) is 12.4. The molecule has 8 nitrogen and oxygen atoms in total. The van der Waals surface area contributed by atoms with Gasteiger partial charge in [0.05, 0.1) is 11.5 Å². The van der Waals surface area contributed by atoms with Gasteiger partial charge in [0, 0.05) is 31.9 Å². The highest BCUT2D eigenvalue weighted by molar-refractivity contribution is 7.89. The molecular formula is C23H33N3O5S. The van der Waals surface area contributed by atoms with E-state index in [0.717, 1.165) is 28.7 Å². The number of nitrogens with one attached hydrogen (secondary N) is 1. The number of ether oxygens (including phenoxy) is 1. The minimum atomic E-state index is -3.71. The van der Waals surface area contributed by atoms with Gasteiger partial charge >= 0.3 is 0 Å². The molecule has 0 aliphatic heterocycles. The van der Waals surface area contributed by atoms with Gasteiger partial charge in [-0.05, 0) is 36.6 Å². The largest absolute Gasteiger partial charge is 0.494 e. The Hall–Kier alpha value is -2.65. The van der Waals surface area contributed by atoms with Crippen LogP contribution < -0.4 is 15.6 Å². The van der Waals surface area contributed by atoms with Crippen molar-refractivity contribution in [3.8, 4) is 5.75 Å². The standard InChI is InChI=1S/C23H33N3O5S/c1-4-7-16-31-20-10-8-19(9-11-20)14-15-24-22(27)18-25-17-21(12-13-23(25)28)32(29,30)26(5-2)6-3/h8-13,17H,4-7,14-16,18H2,1-3H3,(H,24,27). The van der Waals surface area contributed by atoms with Crippen molar-refractivity contribution in [2.75, 3.05) is 26.2 Å². The molecule has 1 N–H and O–H groups in total. The summed E-state index contributed by atoms with van der Waals surface area (Å²) < 4.78 is 33.4. The second kappa shape index (κ2) is 12.4. The van der Waals surface area contributed by atoms with Gasteiger partial charge in [-0.1, -0.05) is 39.3 Å². The Morgan fingerprint density at radius 2 is 1.75 bits per heavy atom. The van der Waals surface area contributed by atoms with Crippen LogP contribution in [0.5, 0.6) is 5.75 Å². The summed E-state index contributed by atoms with van der Waals surface area (Å²) in [5.41, 5.74) is 0.620. The summed E-state index contributed by atoms with van der Waals surface area (Å²) in [6.45, 7) is 7.11. The summed E-state index contributed by atoms with van der Waals surface area (Å²) in [6.07, 6.45) is 3.96. The predicted octanol–water partition coefficient (Wildman–Crippen LogP) is 2.42. The van der Waals surface area contributed by atoms with Gasteiger partial charge in [-0.15, -0.1) is 0 Å². The first-order valence-electron chi connectivity index (χ1n) is 11.0. The van der Waals surface area contributed by atoms with Gasteiger partial charge in [0.1, 0.15) is 12.3 Å². The lowest BCUT2D eigenvalue weighted by Crippen LogP contribution is -2.35. The fraction of sp³-hybridized carbons (Fsp3) is 0.478. The van der Waals surface area contributed by atoms with Crippen molar-refractivity contribution in [3.05, 3.63) is 58.5 Å². The molecule has 9 heteroatoms. The van der Waals surface area contributed by atoms with E-state index in [0.29, 0.717) is 32.7 Å². The number of amides is 1. The fourth-order valence-electron chi connectivity index (χ4n) is 3.14. The summed E-state index contributed by atoms with van der Waals surface area (Å²) >= 11 is 0. The average molecular weight is 464 g/mol. The molecule has 1 aromatic carbocycles. The molecule has 0 radical (unpaired) electrons. The molecule has 0 aliphatic carbocycles. The monoisotopic (exact) mass is 463 g/mol. The maximum Gasteiger partial charge on any atom is 0.251 e. The third kappa shape index (κ3) is 7.20. The maximum atomic E-state index is 12.7. The second-order valence-corrected chi connectivity index (χ2v) is 9.30. The van der Waals surface area contributed by atoms with Gasteiger partial charge in [0.25, 0.3) is 5.56 Å². The van der Waals surface area contributed by atoms with Crippen molar-refractivity contribution in [2.45, 2.75) is 51.5 Å². The lowest BCUT2D eigenvalue weighted by Gasteiger charge is -2.19. The fourth-order valence-corrected chi connectivity index (χ4v) is 4.62. The molecule has 2 aromatic rings. The molecule has 0 fully saturated rings. The van der Waals surface area contributed by atoms with Crippen molar-refractivity contribution >= 4 is 15.9 Å². The molecule has 1 aromatic heterocycles. The Kier molecular flexibility index (Phi) is 9.93. The number of hydrogen-bond donors (Lipinski definition) is 1. The van der Waals surface area contributed by atoms with E-state index >= 15 is 0 Å². The van der Waals surface area contributed by atoms with Crippen LogP contribution in [0, 0.1) is 0 Å². The zero-order valence-corrected chi connectivity index (χ0v) is 19.9. The van der Waals surface area contributed by atoms with Gasteiger partial charge in [0.15, 0.2) is 0 Å². The van der Waals surface area contributed by atoms with Crippen molar-refractivity contribution in [3.63, 3.8) is 0 Å². The summed E-state index contributed by atoms with van der Waals surface area (Å²) in [6, 6.07) is 10.2. The summed E-state index contributed by atoms with van der Waals surface area (Å²) in [4.78, 5) is 24.4. The normalized spacial score (nSPS) is 11.5.